The quantitative estimate of drug-likeness (QED) is 0.519. The summed E-state index contributed by atoms with van der Waals surface area (Å²) in [7, 11) is 1.56. The third kappa shape index (κ3) is 5.71. The van der Waals surface area contributed by atoms with Crippen molar-refractivity contribution < 1.29 is 23.8 Å². The van der Waals surface area contributed by atoms with Crippen molar-refractivity contribution in [2.24, 2.45) is 0 Å². The fraction of sp³-hybridized carbons (Fsp3) is 0.154. The number of methoxy groups -OCH3 is 1. The standard InChI is InChI=1S/C26H24N2O5/c1-31-21-10-8-20(9-11-21)25(29)28-22(15-19-7-12-23-24(16-19)33-17-32-23)26(30)27-14-13-18-5-3-2-4-6-18/h2-12,15-16H,13-14,17H2,1H3,(H,27,30)(H,28,29)/b22-15+. The fourth-order valence-electron chi connectivity index (χ4n) is 3.33. The lowest BCUT2D eigenvalue weighted by atomic mass is 10.1. The number of carbonyl (C=O) groups excluding carboxylic acids is 2. The van der Waals surface area contributed by atoms with Gasteiger partial charge in [0.2, 0.25) is 6.79 Å². The Morgan fingerprint density at radius 1 is 0.970 bits per heavy atom. The summed E-state index contributed by atoms with van der Waals surface area (Å²) in [5, 5.41) is 5.61. The third-order valence-electron chi connectivity index (χ3n) is 5.09. The SMILES string of the molecule is COc1ccc(C(=O)N/C(=C/c2ccc3c(c2)OCO3)C(=O)NCCc2ccccc2)cc1. The molecular formula is C26H24N2O5. The van der Waals surface area contributed by atoms with E-state index in [9.17, 15) is 9.59 Å². The Hall–Kier alpha value is -4.26. The van der Waals surface area contributed by atoms with E-state index in [0.717, 1.165) is 5.56 Å². The van der Waals surface area contributed by atoms with Crippen LogP contribution < -0.4 is 24.8 Å². The highest BCUT2D eigenvalue weighted by Crippen LogP contribution is 2.33. The van der Waals surface area contributed by atoms with Gasteiger partial charge in [0.15, 0.2) is 11.5 Å². The van der Waals surface area contributed by atoms with Crippen molar-refractivity contribution in [3.05, 3.63) is 95.2 Å². The fourth-order valence-corrected chi connectivity index (χ4v) is 3.33. The first-order valence-electron chi connectivity index (χ1n) is 10.5. The molecule has 0 saturated carbocycles. The molecule has 2 amide bonds. The third-order valence-corrected chi connectivity index (χ3v) is 5.09. The van der Waals surface area contributed by atoms with Gasteiger partial charge in [-0.05, 0) is 60.0 Å². The summed E-state index contributed by atoms with van der Waals surface area (Å²) >= 11 is 0. The van der Waals surface area contributed by atoms with Crippen LogP contribution in [-0.4, -0.2) is 32.3 Å². The van der Waals surface area contributed by atoms with E-state index in [1.54, 1.807) is 55.7 Å². The van der Waals surface area contributed by atoms with Crippen LogP contribution >= 0.6 is 0 Å². The van der Waals surface area contributed by atoms with Crippen molar-refractivity contribution in [2.45, 2.75) is 6.42 Å². The van der Waals surface area contributed by atoms with E-state index in [-0.39, 0.29) is 18.4 Å². The molecule has 0 aliphatic carbocycles. The number of carbonyl (C=O) groups is 2. The van der Waals surface area contributed by atoms with Crippen LogP contribution in [0, 0.1) is 0 Å². The van der Waals surface area contributed by atoms with Crippen LogP contribution in [0.25, 0.3) is 6.08 Å². The lowest BCUT2D eigenvalue weighted by Gasteiger charge is -2.12. The highest BCUT2D eigenvalue weighted by molar-refractivity contribution is 6.05. The molecule has 0 aromatic heterocycles. The molecule has 2 N–H and O–H groups in total. The molecule has 33 heavy (non-hydrogen) atoms. The number of ether oxygens (including phenoxy) is 3. The number of hydrogen-bond acceptors (Lipinski definition) is 5. The molecule has 0 spiro atoms. The predicted octanol–water partition coefficient (Wildman–Crippen LogP) is 3.55. The van der Waals surface area contributed by atoms with Gasteiger partial charge in [-0.1, -0.05) is 36.4 Å². The molecule has 4 rings (SSSR count). The largest absolute Gasteiger partial charge is 0.497 e. The maximum Gasteiger partial charge on any atom is 0.267 e. The van der Waals surface area contributed by atoms with Gasteiger partial charge < -0.3 is 24.8 Å². The van der Waals surface area contributed by atoms with E-state index < -0.39 is 5.91 Å². The van der Waals surface area contributed by atoms with E-state index >= 15 is 0 Å². The number of rotatable bonds is 8. The Kier molecular flexibility index (Phi) is 6.90. The lowest BCUT2D eigenvalue weighted by Crippen LogP contribution is -2.35. The normalized spacial score (nSPS) is 12.2. The van der Waals surface area contributed by atoms with Gasteiger partial charge in [-0.2, -0.15) is 0 Å². The van der Waals surface area contributed by atoms with Gasteiger partial charge in [-0.25, -0.2) is 0 Å². The van der Waals surface area contributed by atoms with Gasteiger partial charge in [0.1, 0.15) is 11.4 Å². The minimum absolute atomic E-state index is 0.128. The molecule has 1 heterocycles. The molecular weight excluding hydrogens is 420 g/mol. The second-order valence-electron chi connectivity index (χ2n) is 7.34. The van der Waals surface area contributed by atoms with Gasteiger partial charge in [0.25, 0.3) is 11.8 Å². The number of fused-ring (bicyclic) bond motifs is 1. The molecule has 0 unspecified atom stereocenters. The first-order valence-corrected chi connectivity index (χ1v) is 10.5. The maximum absolute atomic E-state index is 13.0. The predicted molar refractivity (Wildman–Crippen MR) is 124 cm³/mol. The summed E-state index contributed by atoms with van der Waals surface area (Å²) in [6.45, 7) is 0.587. The van der Waals surface area contributed by atoms with Gasteiger partial charge in [-0.3, -0.25) is 9.59 Å². The minimum atomic E-state index is -0.400. The highest BCUT2D eigenvalue weighted by Gasteiger charge is 2.17. The van der Waals surface area contributed by atoms with Crippen molar-refractivity contribution in [2.75, 3.05) is 20.4 Å². The molecule has 1 aliphatic rings. The Morgan fingerprint density at radius 2 is 1.73 bits per heavy atom. The van der Waals surface area contributed by atoms with Crippen LogP contribution in [0.2, 0.25) is 0 Å². The van der Waals surface area contributed by atoms with Crippen LogP contribution in [0.3, 0.4) is 0 Å². The monoisotopic (exact) mass is 444 g/mol. The van der Waals surface area contributed by atoms with Crippen molar-refractivity contribution >= 4 is 17.9 Å². The first kappa shape index (κ1) is 22.0. The maximum atomic E-state index is 13.0. The molecule has 3 aromatic carbocycles. The lowest BCUT2D eigenvalue weighted by molar-refractivity contribution is -0.117. The van der Waals surface area contributed by atoms with Crippen LogP contribution in [-0.2, 0) is 11.2 Å². The van der Waals surface area contributed by atoms with Gasteiger partial charge in [0.05, 0.1) is 7.11 Å². The van der Waals surface area contributed by atoms with Gasteiger partial charge >= 0.3 is 0 Å². The van der Waals surface area contributed by atoms with E-state index in [2.05, 4.69) is 10.6 Å². The van der Waals surface area contributed by atoms with E-state index in [0.29, 0.717) is 41.3 Å². The van der Waals surface area contributed by atoms with Crippen molar-refractivity contribution in [1.82, 2.24) is 10.6 Å². The molecule has 0 bridgehead atoms. The minimum Gasteiger partial charge on any atom is -0.497 e. The average Bonchev–Trinajstić information content (AvgIpc) is 3.32. The van der Waals surface area contributed by atoms with Gasteiger partial charge in [0, 0.05) is 12.1 Å². The number of amides is 2. The molecule has 7 heteroatoms. The Morgan fingerprint density at radius 3 is 2.48 bits per heavy atom. The summed E-state index contributed by atoms with van der Waals surface area (Å²) in [5.41, 5.74) is 2.34. The first-order chi connectivity index (χ1) is 16.1. The molecule has 0 atom stereocenters. The zero-order valence-electron chi connectivity index (χ0n) is 18.2. The van der Waals surface area contributed by atoms with Crippen LogP contribution in [0.4, 0.5) is 0 Å². The number of benzene rings is 3. The Balaban J connectivity index is 1.51. The number of hydrogen-bond donors (Lipinski definition) is 2. The second-order valence-corrected chi connectivity index (χ2v) is 7.34. The Labute approximate surface area is 192 Å². The average molecular weight is 444 g/mol. The summed E-state index contributed by atoms with van der Waals surface area (Å²) in [6.07, 6.45) is 2.29. The summed E-state index contributed by atoms with van der Waals surface area (Å²) in [6, 6.07) is 21.8. The van der Waals surface area contributed by atoms with Crippen molar-refractivity contribution in [1.29, 1.82) is 0 Å². The zero-order chi connectivity index (χ0) is 23.0. The second kappa shape index (κ2) is 10.4. The summed E-state index contributed by atoms with van der Waals surface area (Å²) < 4.78 is 15.9. The molecule has 0 saturated heterocycles. The Bertz CT molecular complexity index is 1160. The summed E-state index contributed by atoms with van der Waals surface area (Å²) in [4.78, 5) is 25.8. The molecule has 168 valence electrons. The zero-order valence-corrected chi connectivity index (χ0v) is 18.2. The van der Waals surface area contributed by atoms with E-state index in [4.69, 9.17) is 14.2 Å². The number of nitrogens with one attached hydrogen (secondary N) is 2. The van der Waals surface area contributed by atoms with Crippen molar-refractivity contribution in [3.63, 3.8) is 0 Å². The molecule has 7 nitrogen and oxygen atoms in total. The van der Waals surface area contributed by atoms with Crippen LogP contribution in [0.15, 0.2) is 78.5 Å². The van der Waals surface area contributed by atoms with Crippen LogP contribution in [0.5, 0.6) is 17.2 Å². The van der Waals surface area contributed by atoms with E-state index in [1.807, 2.05) is 30.3 Å². The molecule has 0 radical (unpaired) electrons. The molecule has 0 fully saturated rings. The molecule has 3 aromatic rings. The summed E-state index contributed by atoms with van der Waals surface area (Å²) in [5.74, 6) is 1.09. The smallest absolute Gasteiger partial charge is 0.267 e. The molecule has 1 aliphatic heterocycles. The van der Waals surface area contributed by atoms with Crippen LogP contribution in [0.1, 0.15) is 21.5 Å². The van der Waals surface area contributed by atoms with Gasteiger partial charge in [-0.15, -0.1) is 0 Å². The topological polar surface area (TPSA) is 85.9 Å². The van der Waals surface area contributed by atoms with Crippen molar-refractivity contribution in [3.8, 4) is 17.2 Å². The highest BCUT2D eigenvalue weighted by atomic mass is 16.7. The van der Waals surface area contributed by atoms with E-state index in [1.165, 1.54) is 0 Å².